The molecule has 2 amide bonds. The lowest BCUT2D eigenvalue weighted by molar-refractivity contribution is 0.0729. The molecule has 168 valence electrons. The molecule has 1 N–H and O–H groups in total. The van der Waals surface area contributed by atoms with Crippen LogP contribution in [0.2, 0.25) is 0 Å². The van der Waals surface area contributed by atoms with Gasteiger partial charge >= 0.3 is 0 Å². The fourth-order valence-electron chi connectivity index (χ4n) is 3.74. The summed E-state index contributed by atoms with van der Waals surface area (Å²) in [7, 11) is 0. The van der Waals surface area contributed by atoms with E-state index < -0.39 is 0 Å². The molecule has 1 heterocycles. The normalized spacial score (nSPS) is 15.0. The summed E-state index contributed by atoms with van der Waals surface area (Å²) in [5.74, 6) is 0.633. The highest BCUT2D eigenvalue weighted by molar-refractivity contribution is 5.95. The molecule has 0 saturated heterocycles. The van der Waals surface area contributed by atoms with Crippen LogP contribution in [0, 0.1) is 0 Å². The van der Waals surface area contributed by atoms with Gasteiger partial charge in [0.15, 0.2) is 0 Å². The summed E-state index contributed by atoms with van der Waals surface area (Å²) in [5.41, 5.74) is 3.27. The average molecular weight is 442 g/mol. The second-order valence-corrected chi connectivity index (χ2v) is 8.79. The fourth-order valence-corrected chi connectivity index (χ4v) is 3.74. The predicted molar refractivity (Wildman–Crippen MR) is 125 cm³/mol. The molecular weight excluding hydrogens is 414 g/mol. The third kappa shape index (κ3) is 5.58. The Morgan fingerprint density at radius 1 is 0.939 bits per heavy atom. The van der Waals surface area contributed by atoms with Crippen molar-refractivity contribution in [3.05, 3.63) is 95.3 Å². The van der Waals surface area contributed by atoms with Crippen LogP contribution in [-0.4, -0.2) is 33.8 Å². The van der Waals surface area contributed by atoms with Gasteiger partial charge in [-0.05, 0) is 67.6 Å². The summed E-state index contributed by atoms with van der Waals surface area (Å²) < 4.78 is 5.88. The Bertz CT molecular complexity index is 1120. The van der Waals surface area contributed by atoms with Crippen molar-refractivity contribution in [2.45, 2.75) is 50.9 Å². The van der Waals surface area contributed by atoms with Crippen LogP contribution in [0.5, 0.6) is 5.75 Å². The zero-order valence-electron chi connectivity index (χ0n) is 18.4. The number of carbonyl (C=O) groups excluding carboxylic acids is 2. The largest absolute Gasteiger partial charge is 0.489 e. The van der Waals surface area contributed by atoms with Crippen LogP contribution < -0.4 is 10.1 Å². The molecule has 2 aliphatic carbocycles. The molecule has 0 radical (unpaired) electrons. The summed E-state index contributed by atoms with van der Waals surface area (Å²) in [5, 5.41) is 3.01. The number of rotatable bonds is 9. The van der Waals surface area contributed by atoms with Crippen LogP contribution in [0.25, 0.3) is 0 Å². The first-order chi connectivity index (χ1) is 16.2. The molecule has 2 aliphatic rings. The first kappa shape index (κ1) is 21.2. The van der Waals surface area contributed by atoms with E-state index >= 15 is 0 Å². The molecule has 2 aromatic carbocycles. The monoisotopic (exact) mass is 441 g/mol. The van der Waals surface area contributed by atoms with E-state index in [1.807, 2.05) is 59.5 Å². The van der Waals surface area contributed by atoms with E-state index in [9.17, 15) is 9.59 Å². The molecular formula is C27H27N3O3. The van der Waals surface area contributed by atoms with Gasteiger partial charge in [-0.15, -0.1) is 0 Å². The number of hydrogen-bond acceptors (Lipinski definition) is 4. The van der Waals surface area contributed by atoms with E-state index in [1.54, 1.807) is 18.5 Å². The molecule has 3 aromatic rings. The Kier molecular flexibility index (Phi) is 6.07. The minimum absolute atomic E-state index is 0.000110. The fraction of sp³-hybridized carbons (Fsp3) is 0.296. The van der Waals surface area contributed by atoms with Gasteiger partial charge in [0.2, 0.25) is 0 Å². The lowest BCUT2D eigenvalue weighted by Crippen LogP contribution is -2.32. The Balaban J connectivity index is 1.24. The SMILES string of the molecule is O=C(NC1CC1)c1ccc(CN(C(=O)c2cccc(OCc3cccnc3)c2)C2CC2)cc1. The molecule has 6 nitrogen and oxygen atoms in total. The van der Waals surface area contributed by atoms with Crippen molar-refractivity contribution in [2.24, 2.45) is 0 Å². The van der Waals surface area contributed by atoms with Crippen molar-refractivity contribution in [1.29, 1.82) is 0 Å². The maximum Gasteiger partial charge on any atom is 0.254 e. The molecule has 0 bridgehead atoms. The van der Waals surface area contributed by atoms with E-state index in [0.717, 1.165) is 36.8 Å². The number of nitrogens with one attached hydrogen (secondary N) is 1. The molecule has 5 rings (SSSR count). The molecule has 0 aliphatic heterocycles. The van der Waals surface area contributed by atoms with Gasteiger partial charge in [-0.2, -0.15) is 0 Å². The van der Waals surface area contributed by atoms with Crippen LogP contribution in [0.4, 0.5) is 0 Å². The number of benzene rings is 2. The molecule has 2 saturated carbocycles. The number of pyridine rings is 1. The maximum atomic E-state index is 13.4. The van der Waals surface area contributed by atoms with E-state index in [4.69, 9.17) is 4.74 Å². The Morgan fingerprint density at radius 3 is 2.45 bits per heavy atom. The van der Waals surface area contributed by atoms with Gasteiger partial charge in [0.05, 0.1) is 0 Å². The zero-order valence-corrected chi connectivity index (χ0v) is 18.4. The maximum absolute atomic E-state index is 13.4. The third-order valence-electron chi connectivity index (χ3n) is 5.94. The Labute approximate surface area is 193 Å². The zero-order chi connectivity index (χ0) is 22.6. The van der Waals surface area contributed by atoms with Crippen LogP contribution in [-0.2, 0) is 13.2 Å². The van der Waals surface area contributed by atoms with E-state index in [0.29, 0.717) is 36.1 Å². The quantitative estimate of drug-likeness (QED) is 0.536. The van der Waals surface area contributed by atoms with Crippen LogP contribution in [0.3, 0.4) is 0 Å². The van der Waals surface area contributed by atoms with Gasteiger partial charge in [0.1, 0.15) is 12.4 Å². The van der Waals surface area contributed by atoms with Gasteiger partial charge in [0, 0.05) is 47.7 Å². The van der Waals surface area contributed by atoms with E-state index in [1.165, 1.54) is 0 Å². The minimum Gasteiger partial charge on any atom is -0.489 e. The number of aromatic nitrogens is 1. The predicted octanol–water partition coefficient (Wildman–Crippen LogP) is 4.36. The van der Waals surface area contributed by atoms with Crippen molar-refractivity contribution in [2.75, 3.05) is 0 Å². The highest BCUT2D eigenvalue weighted by Gasteiger charge is 2.33. The second-order valence-electron chi connectivity index (χ2n) is 8.79. The number of carbonyl (C=O) groups is 2. The van der Waals surface area contributed by atoms with Crippen molar-refractivity contribution >= 4 is 11.8 Å². The average Bonchev–Trinajstić information content (AvgIpc) is 3.78. The lowest BCUT2D eigenvalue weighted by atomic mass is 10.1. The number of nitrogens with zero attached hydrogens (tertiary/aromatic N) is 2. The lowest BCUT2D eigenvalue weighted by Gasteiger charge is -2.23. The molecule has 0 atom stereocenters. The highest BCUT2D eigenvalue weighted by atomic mass is 16.5. The van der Waals surface area contributed by atoms with Crippen LogP contribution >= 0.6 is 0 Å². The summed E-state index contributed by atoms with van der Waals surface area (Å²) in [6, 6.07) is 19.3. The van der Waals surface area contributed by atoms with E-state index in [-0.39, 0.29) is 17.9 Å². The molecule has 0 unspecified atom stereocenters. The summed E-state index contributed by atoms with van der Waals surface area (Å²) in [4.78, 5) is 31.6. The second kappa shape index (κ2) is 9.45. The van der Waals surface area contributed by atoms with Crippen molar-refractivity contribution in [3.63, 3.8) is 0 Å². The Hall–Kier alpha value is -3.67. The van der Waals surface area contributed by atoms with E-state index in [2.05, 4.69) is 10.3 Å². The van der Waals surface area contributed by atoms with Gasteiger partial charge in [-0.1, -0.05) is 24.3 Å². The molecule has 2 fully saturated rings. The number of amides is 2. The highest BCUT2D eigenvalue weighted by Crippen LogP contribution is 2.30. The standard InChI is InChI=1S/C27H27N3O3/c31-26(29-23-10-11-23)21-8-6-19(7-9-21)17-30(24-12-13-24)27(32)22-4-1-5-25(15-22)33-18-20-3-2-14-28-16-20/h1-9,14-16,23-24H,10-13,17-18H2,(H,29,31). The minimum atomic E-state index is -0.0257. The first-order valence-corrected chi connectivity index (χ1v) is 11.5. The van der Waals surface area contributed by atoms with Crippen LogP contribution in [0.1, 0.15) is 57.5 Å². The van der Waals surface area contributed by atoms with Gasteiger partial charge in [-0.25, -0.2) is 0 Å². The van der Waals surface area contributed by atoms with Crippen molar-refractivity contribution in [3.8, 4) is 5.75 Å². The topological polar surface area (TPSA) is 71.5 Å². The van der Waals surface area contributed by atoms with Crippen LogP contribution in [0.15, 0.2) is 73.1 Å². The van der Waals surface area contributed by atoms with Crippen molar-refractivity contribution < 1.29 is 14.3 Å². The summed E-state index contributed by atoms with van der Waals surface area (Å²) >= 11 is 0. The van der Waals surface area contributed by atoms with Gasteiger partial charge in [0.25, 0.3) is 11.8 Å². The summed E-state index contributed by atoms with van der Waals surface area (Å²) in [6.45, 7) is 0.924. The Morgan fingerprint density at radius 2 is 1.76 bits per heavy atom. The molecule has 1 aromatic heterocycles. The summed E-state index contributed by atoms with van der Waals surface area (Å²) in [6.07, 6.45) is 7.67. The first-order valence-electron chi connectivity index (χ1n) is 11.5. The van der Waals surface area contributed by atoms with Gasteiger partial charge in [-0.3, -0.25) is 14.6 Å². The molecule has 6 heteroatoms. The number of hydrogen-bond donors (Lipinski definition) is 1. The van der Waals surface area contributed by atoms with Crippen molar-refractivity contribution in [1.82, 2.24) is 15.2 Å². The smallest absolute Gasteiger partial charge is 0.254 e. The molecule has 33 heavy (non-hydrogen) atoms. The van der Waals surface area contributed by atoms with Gasteiger partial charge < -0.3 is 15.0 Å². The molecule has 0 spiro atoms. The number of ether oxygens (including phenoxy) is 1. The third-order valence-corrected chi connectivity index (χ3v) is 5.94.